The first-order valence-corrected chi connectivity index (χ1v) is 5.45. The smallest absolute Gasteiger partial charge is 0.0465 e. The standard InChI is InChI=1S/C15H13/c1-2-6-12(7-3-1)15-11-10-13-8-4-5-9-14(13)15/h1-9H,10-11H2/q+1. The molecule has 0 unspecified atom stereocenters. The highest BCUT2D eigenvalue weighted by Gasteiger charge is 2.29. The van der Waals surface area contributed by atoms with Crippen LogP contribution in [0.25, 0.3) is 0 Å². The zero-order valence-electron chi connectivity index (χ0n) is 8.61. The minimum Gasteiger partial charge on any atom is -0.0465 e. The largest absolute Gasteiger partial charge is 0.0787 e. The number of fused-ring (bicyclic) bond motifs is 1. The highest BCUT2D eigenvalue weighted by Crippen LogP contribution is 2.36. The summed E-state index contributed by atoms with van der Waals surface area (Å²) in [5.74, 6) is 1.51. The van der Waals surface area contributed by atoms with Crippen LogP contribution < -0.4 is 0 Å². The lowest BCUT2D eigenvalue weighted by molar-refractivity contribution is 0.963. The summed E-state index contributed by atoms with van der Waals surface area (Å²) in [6, 6.07) is 19.5. The van der Waals surface area contributed by atoms with Crippen LogP contribution in [0.4, 0.5) is 0 Å². The molecule has 0 aromatic heterocycles. The van der Waals surface area contributed by atoms with Crippen LogP contribution in [0.5, 0.6) is 0 Å². The molecular formula is C15H13+. The SMILES string of the molecule is c1ccc([C+]2CCc3ccccc32)cc1. The molecule has 0 atom stereocenters. The van der Waals surface area contributed by atoms with Crippen LogP contribution in [-0.2, 0) is 6.42 Å². The minimum atomic E-state index is 1.18. The second kappa shape index (κ2) is 3.47. The monoisotopic (exact) mass is 193 g/mol. The fourth-order valence-electron chi connectivity index (χ4n) is 2.37. The van der Waals surface area contributed by atoms with Gasteiger partial charge in [0.25, 0.3) is 0 Å². The van der Waals surface area contributed by atoms with Gasteiger partial charge in [-0.3, -0.25) is 0 Å². The number of aryl methyl sites for hydroxylation is 1. The van der Waals surface area contributed by atoms with E-state index in [-0.39, 0.29) is 0 Å². The van der Waals surface area contributed by atoms with Gasteiger partial charge in [-0.1, -0.05) is 0 Å². The van der Waals surface area contributed by atoms with E-state index in [2.05, 4.69) is 54.6 Å². The Morgan fingerprint density at radius 2 is 1.53 bits per heavy atom. The molecule has 1 aliphatic rings. The Morgan fingerprint density at radius 1 is 0.800 bits per heavy atom. The van der Waals surface area contributed by atoms with E-state index >= 15 is 0 Å². The summed E-state index contributed by atoms with van der Waals surface area (Å²) in [5, 5.41) is 0. The Labute approximate surface area is 90.6 Å². The summed E-state index contributed by atoms with van der Waals surface area (Å²) < 4.78 is 0. The average Bonchev–Trinajstić information content (AvgIpc) is 2.74. The molecule has 0 N–H and O–H groups in total. The van der Waals surface area contributed by atoms with Crippen molar-refractivity contribution in [2.24, 2.45) is 0 Å². The van der Waals surface area contributed by atoms with Crippen molar-refractivity contribution >= 4 is 0 Å². The lowest BCUT2D eigenvalue weighted by atomic mass is 9.93. The predicted octanol–water partition coefficient (Wildman–Crippen LogP) is 3.60. The van der Waals surface area contributed by atoms with Crippen molar-refractivity contribution < 1.29 is 0 Å². The molecule has 2 aromatic carbocycles. The molecule has 2 aromatic rings. The molecule has 3 rings (SSSR count). The second-order valence-electron chi connectivity index (χ2n) is 4.00. The van der Waals surface area contributed by atoms with Crippen molar-refractivity contribution in [2.45, 2.75) is 12.8 Å². The fraction of sp³-hybridized carbons (Fsp3) is 0.133. The fourth-order valence-corrected chi connectivity index (χ4v) is 2.37. The Hall–Kier alpha value is -1.69. The van der Waals surface area contributed by atoms with E-state index in [9.17, 15) is 0 Å². The molecule has 0 saturated heterocycles. The molecule has 0 heteroatoms. The maximum Gasteiger partial charge on any atom is 0.0787 e. The van der Waals surface area contributed by atoms with Gasteiger partial charge in [-0.2, -0.15) is 0 Å². The van der Waals surface area contributed by atoms with E-state index < -0.39 is 0 Å². The van der Waals surface area contributed by atoms with Crippen molar-refractivity contribution in [3.63, 3.8) is 0 Å². The first-order chi connectivity index (χ1) is 7.45. The van der Waals surface area contributed by atoms with E-state index in [0.29, 0.717) is 0 Å². The van der Waals surface area contributed by atoms with Gasteiger partial charge in [0.1, 0.15) is 0 Å². The van der Waals surface area contributed by atoms with Crippen molar-refractivity contribution in [2.75, 3.05) is 0 Å². The third kappa shape index (κ3) is 1.42. The maximum atomic E-state index is 2.24. The Balaban J connectivity index is 2.05. The summed E-state index contributed by atoms with van der Waals surface area (Å²) in [4.78, 5) is 0. The molecule has 72 valence electrons. The Morgan fingerprint density at radius 3 is 2.40 bits per heavy atom. The molecule has 0 saturated carbocycles. The number of hydrogen-bond donors (Lipinski definition) is 0. The van der Waals surface area contributed by atoms with Crippen LogP contribution in [0.15, 0.2) is 54.6 Å². The highest BCUT2D eigenvalue weighted by molar-refractivity contribution is 5.53. The lowest BCUT2D eigenvalue weighted by Crippen LogP contribution is -1.96. The van der Waals surface area contributed by atoms with Gasteiger partial charge >= 0.3 is 0 Å². The number of benzene rings is 2. The molecule has 1 aliphatic carbocycles. The van der Waals surface area contributed by atoms with E-state index in [1.54, 1.807) is 0 Å². The average molecular weight is 193 g/mol. The van der Waals surface area contributed by atoms with Crippen LogP contribution in [-0.4, -0.2) is 0 Å². The third-order valence-corrected chi connectivity index (χ3v) is 3.11. The summed E-state index contributed by atoms with van der Waals surface area (Å²) >= 11 is 0. The summed E-state index contributed by atoms with van der Waals surface area (Å²) in [7, 11) is 0. The quantitative estimate of drug-likeness (QED) is 0.607. The summed E-state index contributed by atoms with van der Waals surface area (Å²) in [5.41, 5.74) is 4.32. The highest BCUT2D eigenvalue weighted by atomic mass is 14.3. The molecule has 0 spiro atoms. The molecule has 0 aliphatic heterocycles. The zero-order valence-corrected chi connectivity index (χ0v) is 8.61. The molecule has 0 fully saturated rings. The maximum absolute atomic E-state index is 2.24. The van der Waals surface area contributed by atoms with Crippen molar-refractivity contribution in [3.8, 4) is 0 Å². The van der Waals surface area contributed by atoms with Crippen molar-refractivity contribution in [1.29, 1.82) is 0 Å². The van der Waals surface area contributed by atoms with Gasteiger partial charge in [0.15, 0.2) is 0 Å². The number of hydrogen-bond acceptors (Lipinski definition) is 0. The third-order valence-electron chi connectivity index (χ3n) is 3.11. The van der Waals surface area contributed by atoms with Gasteiger partial charge in [0, 0.05) is 42.5 Å². The lowest BCUT2D eigenvalue weighted by Gasteiger charge is -2.04. The Kier molecular flexibility index (Phi) is 1.99. The van der Waals surface area contributed by atoms with Crippen LogP contribution in [0.3, 0.4) is 0 Å². The molecule has 15 heavy (non-hydrogen) atoms. The predicted molar refractivity (Wildman–Crippen MR) is 62.7 cm³/mol. The van der Waals surface area contributed by atoms with Crippen LogP contribution >= 0.6 is 0 Å². The molecule has 0 heterocycles. The van der Waals surface area contributed by atoms with E-state index in [1.165, 1.54) is 35.4 Å². The van der Waals surface area contributed by atoms with Gasteiger partial charge in [0.2, 0.25) is 0 Å². The van der Waals surface area contributed by atoms with Gasteiger partial charge < -0.3 is 0 Å². The topological polar surface area (TPSA) is 0 Å². The molecular weight excluding hydrogens is 180 g/mol. The first kappa shape index (κ1) is 8.60. The second-order valence-corrected chi connectivity index (χ2v) is 4.00. The normalized spacial score (nSPS) is 14.0. The van der Waals surface area contributed by atoms with E-state index in [4.69, 9.17) is 0 Å². The molecule has 0 radical (unpaired) electrons. The van der Waals surface area contributed by atoms with E-state index in [1.807, 2.05) is 0 Å². The van der Waals surface area contributed by atoms with Gasteiger partial charge in [0.05, 0.1) is 11.1 Å². The number of rotatable bonds is 1. The van der Waals surface area contributed by atoms with Crippen molar-refractivity contribution in [3.05, 3.63) is 77.2 Å². The van der Waals surface area contributed by atoms with Crippen LogP contribution in [0, 0.1) is 5.92 Å². The van der Waals surface area contributed by atoms with Gasteiger partial charge in [-0.15, -0.1) is 0 Å². The zero-order chi connectivity index (χ0) is 10.1. The molecule has 0 bridgehead atoms. The van der Waals surface area contributed by atoms with Crippen molar-refractivity contribution in [1.82, 2.24) is 0 Å². The van der Waals surface area contributed by atoms with Crippen LogP contribution in [0.2, 0.25) is 0 Å². The molecule has 0 amide bonds. The summed E-state index contributed by atoms with van der Waals surface area (Å²) in [6.07, 6.45) is 2.38. The molecule has 0 nitrogen and oxygen atoms in total. The van der Waals surface area contributed by atoms with Gasteiger partial charge in [-0.05, 0) is 36.4 Å². The Bertz CT molecular complexity index is 456. The first-order valence-electron chi connectivity index (χ1n) is 5.45. The summed E-state index contributed by atoms with van der Waals surface area (Å²) in [6.45, 7) is 0. The minimum absolute atomic E-state index is 1.18. The van der Waals surface area contributed by atoms with E-state index in [0.717, 1.165) is 0 Å². The van der Waals surface area contributed by atoms with Gasteiger partial charge in [-0.25, -0.2) is 0 Å². The van der Waals surface area contributed by atoms with Crippen LogP contribution in [0.1, 0.15) is 23.1 Å².